The number of hydroxylamine groups is 1. The average molecular weight is 203 g/mol. The third-order valence-corrected chi connectivity index (χ3v) is 2.13. The van der Waals surface area contributed by atoms with Crippen LogP contribution in [0, 0.1) is 0 Å². The van der Waals surface area contributed by atoms with Crippen LogP contribution in [0.5, 0.6) is 0 Å². The van der Waals surface area contributed by atoms with Gasteiger partial charge >= 0.3 is 5.97 Å². The van der Waals surface area contributed by atoms with Crippen LogP contribution in [0.4, 0.5) is 0 Å². The lowest BCUT2D eigenvalue weighted by Gasteiger charge is -2.17. The zero-order valence-electron chi connectivity index (χ0n) is 9.25. The second kappa shape index (κ2) is 7.76. The molecule has 0 aromatic rings. The van der Waals surface area contributed by atoms with E-state index in [2.05, 4.69) is 5.48 Å². The summed E-state index contributed by atoms with van der Waals surface area (Å²) in [6.45, 7) is 5.94. The molecule has 0 amide bonds. The monoisotopic (exact) mass is 203 g/mol. The van der Waals surface area contributed by atoms with E-state index in [4.69, 9.17) is 9.94 Å². The van der Waals surface area contributed by atoms with Crippen LogP contribution in [0.15, 0.2) is 0 Å². The van der Waals surface area contributed by atoms with Crippen molar-refractivity contribution in [2.75, 3.05) is 0 Å². The summed E-state index contributed by atoms with van der Waals surface area (Å²) in [4.78, 5) is 15.9. The van der Waals surface area contributed by atoms with Gasteiger partial charge in [-0.05, 0) is 19.8 Å². The number of nitrogens with one attached hydrogen (secondary N) is 1. The molecule has 0 rings (SSSR count). The van der Waals surface area contributed by atoms with E-state index in [9.17, 15) is 4.79 Å². The zero-order chi connectivity index (χ0) is 11.0. The fraction of sp³-hybridized carbons (Fsp3) is 0.900. The van der Waals surface area contributed by atoms with Crippen molar-refractivity contribution in [3.05, 3.63) is 0 Å². The lowest BCUT2D eigenvalue weighted by molar-refractivity contribution is -0.146. The van der Waals surface area contributed by atoms with Gasteiger partial charge in [-0.2, -0.15) is 5.48 Å². The Kier molecular flexibility index (Phi) is 7.42. The summed E-state index contributed by atoms with van der Waals surface area (Å²) in [6.07, 6.45) is 3.43. The van der Waals surface area contributed by atoms with Crippen molar-refractivity contribution in [1.29, 1.82) is 0 Å². The largest absolute Gasteiger partial charge is 0.480 e. The Morgan fingerprint density at radius 1 is 1.50 bits per heavy atom. The fourth-order valence-electron chi connectivity index (χ4n) is 0.923. The summed E-state index contributed by atoms with van der Waals surface area (Å²) in [7, 11) is 0. The zero-order valence-corrected chi connectivity index (χ0v) is 9.25. The minimum Gasteiger partial charge on any atom is -0.480 e. The highest BCUT2D eigenvalue weighted by Gasteiger charge is 2.17. The first-order valence-electron chi connectivity index (χ1n) is 5.25. The molecular weight excluding hydrogens is 182 g/mol. The maximum absolute atomic E-state index is 10.8. The molecule has 0 spiro atoms. The number of rotatable bonds is 8. The highest BCUT2D eigenvalue weighted by molar-refractivity contribution is 5.73. The molecule has 2 N–H and O–H groups in total. The molecule has 4 nitrogen and oxygen atoms in total. The van der Waals surface area contributed by atoms with Gasteiger partial charge in [-0.15, -0.1) is 0 Å². The van der Waals surface area contributed by atoms with E-state index in [0.29, 0.717) is 6.42 Å². The molecule has 0 heterocycles. The smallest absolute Gasteiger partial charge is 0.323 e. The van der Waals surface area contributed by atoms with Crippen molar-refractivity contribution in [1.82, 2.24) is 5.48 Å². The lowest BCUT2D eigenvalue weighted by atomic mass is 10.1. The molecule has 0 radical (unpaired) electrons. The van der Waals surface area contributed by atoms with E-state index < -0.39 is 12.0 Å². The molecule has 0 aliphatic carbocycles. The van der Waals surface area contributed by atoms with E-state index in [1.807, 2.05) is 20.8 Å². The second-order valence-electron chi connectivity index (χ2n) is 3.49. The summed E-state index contributed by atoms with van der Waals surface area (Å²) in [5, 5.41) is 8.84. The molecule has 0 saturated heterocycles. The third-order valence-electron chi connectivity index (χ3n) is 2.13. The molecule has 14 heavy (non-hydrogen) atoms. The van der Waals surface area contributed by atoms with Gasteiger partial charge in [-0.3, -0.25) is 9.63 Å². The number of carbonyl (C=O) groups is 1. The quantitative estimate of drug-likeness (QED) is 0.592. The van der Waals surface area contributed by atoms with Gasteiger partial charge in [-0.1, -0.05) is 26.7 Å². The summed E-state index contributed by atoms with van der Waals surface area (Å²) < 4.78 is 0. The molecular formula is C10H21NO3. The summed E-state index contributed by atoms with van der Waals surface area (Å²) in [6, 6.07) is -0.580. The highest BCUT2D eigenvalue weighted by atomic mass is 16.7. The molecule has 0 aliphatic rings. The molecule has 0 aliphatic heterocycles. The van der Waals surface area contributed by atoms with Gasteiger partial charge in [0, 0.05) is 0 Å². The predicted octanol–water partition coefficient (Wildman–Crippen LogP) is 1.95. The standard InChI is InChI=1S/C10H21NO3/c1-4-6-7-9(10(12)13)11-14-8(3)5-2/h8-9,11H,4-7H2,1-3H3,(H,12,13). The number of carboxylic acid groups (broad SMARTS) is 1. The number of hydrogen-bond acceptors (Lipinski definition) is 3. The number of hydrogen-bond donors (Lipinski definition) is 2. The minimum atomic E-state index is -0.846. The number of carboxylic acids is 1. The summed E-state index contributed by atoms with van der Waals surface area (Å²) in [5.74, 6) is -0.846. The van der Waals surface area contributed by atoms with Crippen molar-refractivity contribution >= 4 is 5.97 Å². The Hall–Kier alpha value is -0.610. The Balaban J connectivity index is 3.79. The lowest BCUT2D eigenvalue weighted by Crippen LogP contribution is -2.38. The highest BCUT2D eigenvalue weighted by Crippen LogP contribution is 2.02. The van der Waals surface area contributed by atoms with Crippen molar-refractivity contribution in [3.8, 4) is 0 Å². The summed E-state index contributed by atoms with van der Waals surface area (Å²) >= 11 is 0. The van der Waals surface area contributed by atoms with E-state index in [1.165, 1.54) is 0 Å². The second-order valence-corrected chi connectivity index (χ2v) is 3.49. The van der Waals surface area contributed by atoms with Crippen molar-refractivity contribution in [2.24, 2.45) is 0 Å². The van der Waals surface area contributed by atoms with Crippen LogP contribution in [-0.4, -0.2) is 23.2 Å². The Morgan fingerprint density at radius 2 is 2.14 bits per heavy atom. The van der Waals surface area contributed by atoms with Crippen LogP contribution in [0.3, 0.4) is 0 Å². The van der Waals surface area contributed by atoms with Crippen LogP contribution in [0.2, 0.25) is 0 Å². The van der Waals surface area contributed by atoms with Crippen molar-refractivity contribution < 1.29 is 14.7 Å². The van der Waals surface area contributed by atoms with Gasteiger partial charge in [0.1, 0.15) is 6.04 Å². The first-order valence-corrected chi connectivity index (χ1v) is 5.25. The van der Waals surface area contributed by atoms with Gasteiger partial charge in [-0.25, -0.2) is 0 Å². The molecule has 84 valence electrons. The molecule has 0 saturated carbocycles. The minimum absolute atomic E-state index is 0.0541. The van der Waals surface area contributed by atoms with Crippen LogP contribution in [0.1, 0.15) is 46.5 Å². The maximum Gasteiger partial charge on any atom is 0.323 e. The van der Waals surface area contributed by atoms with E-state index in [0.717, 1.165) is 19.3 Å². The van der Waals surface area contributed by atoms with Gasteiger partial charge in [0.15, 0.2) is 0 Å². The SMILES string of the molecule is CCCCC(NOC(C)CC)C(=O)O. The van der Waals surface area contributed by atoms with Crippen LogP contribution in [-0.2, 0) is 9.63 Å². The number of aliphatic carboxylic acids is 1. The van der Waals surface area contributed by atoms with Crippen LogP contribution >= 0.6 is 0 Å². The van der Waals surface area contributed by atoms with E-state index in [1.54, 1.807) is 0 Å². The van der Waals surface area contributed by atoms with Crippen molar-refractivity contribution in [2.45, 2.75) is 58.6 Å². The Bertz CT molecular complexity index is 161. The molecule has 0 aromatic carbocycles. The van der Waals surface area contributed by atoms with Crippen LogP contribution in [0.25, 0.3) is 0 Å². The van der Waals surface area contributed by atoms with Gasteiger partial charge in [0.25, 0.3) is 0 Å². The average Bonchev–Trinajstić information content (AvgIpc) is 2.16. The van der Waals surface area contributed by atoms with E-state index in [-0.39, 0.29) is 6.10 Å². The topological polar surface area (TPSA) is 58.6 Å². The van der Waals surface area contributed by atoms with E-state index >= 15 is 0 Å². The van der Waals surface area contributed by atoms with Gasteiger partial charge in [0.2, 0.25) is 0 Å². The Labute approximate surface area is 85.6 Å². The predicted molar refractivity (Wildman–Crippen MR) is 54.9 cm³/mol. The molecule has 2 atom stereocenters. The van der Waals surface area contributed by atoms with Crippen molar-refractivity contribution in [3.63, 3.8) is 0 Å². The molecule has 0 fully saturated rings. The molecule has 2 unspecified atom stereocenters. The molecule has 0 aromatic heterocycles. The first kappa shape index (κ1) is 13.4. The molecule has 0 bridgehead atoms. The normalized spacial score (nSPS) is 15.1. The first-order chi connectivity index (χ1) is 6.61. The molecule has 4 heteroatoms. The maximum atomic E-state index is 10.8. The number of unbranched alkanes of at least 4 members (excludes halogenated alkanes) is 1. The van der Waals surface area contributed by atoms with Gasteiger partial charge in [0.05, 0.1) is 6.10 Å². The van der Waals surface area contributed by atoms with Gasteiger partial charge < -0.3 is 5.11 Å². The Morgan fingerprint density at radius 3 is 2.57 bits per heavy atom. The third kappa shape index (κ3) is 5.94. The fourth-order valence-corrected chi connectivity index (χ4v) is 0.923. The van der Waals surface area contributed by atoms with Crippen LogP contribution < -0.4 is 5.48 Å². The summed E-state index contributed by atoms with van der Waals surface area (Å²) in [5.41, 5.74) is 2.61.